The van der Waals surface area contributed by atoms with E-state index in [1.807, 2.05) is 0 Å². The van der Waals surface area contributed by atoms with E-state index >= 15 is 0 Å². The Morgan fingerprint density at radius 3 is 2.17 bits per heavy atom. The zero-order valence-electron chi connectivity index (χ0n) is 11.0. The molecule has 6 heteroatoms. The molecule has 106 valence electrons. The van der Waals surface area contributed by atoms with Crippen molar-refractivity contribution in [2.24, 2.45) is 11.3 Å². The Bertz CT molecular complexity index is 294. The first-order chi connectivity index (χ1) is 8.16. The van der Waals surface area contributed by atoms with E-state index < -0.39 is 18.1 Å². The second-order valence-corrected chi connectivity index (χ2v) is 5.38. The Morgan fingerprint density at radius 1 is 1.28 bits per heavy atom. The number of ether oxygens (including phenoxy) is 1. The average Bonchev–Trinajstić information content (AvgIpc) is 2.26. The van der Waals surface area contributed by atoms with Crippen molar-refractivity contribution in [3.63, 3.8) is 0 Å². The quantitative estimate of drug-likeness (QED) is 0.736. The second-order valence-electron chi connectivity index (χ2n) is 5.38. The molecule has 1 heterocycles. The highest BCUT2D eigenvalue weighted by atomic mass is 19.4. The Kier molecular flexibility index (Phi) is 4.64. The fraction of sp³-hybridized carbons (Fsp3) is 0.917. The molecule has 18 heavy (non-hydrogen) atoms. The Morgan fingerprint density at radius 2 is 1.78 bits per heavy atom. The zero-order valence-corrected chi connectivity index (χ0v) is 11.0. The fourth-order valence-corrected chi connectivity index (χ4v) is 2.50. The summed E-state index contributed by atoms with van der Waals surface area (Å²) in [6.07, 6.45) is -2.96. The van der Waals surface area contributed by atoms with Crippen LogP contribution in [0.15, 0.2) is 0 Å². The zero-order chi connectivity index (χ0) is 14.0. The van der Waals surface area contributed by atoms with Crippen LogP contribution < -0.4 is 0 Å². The Labute approximate surface area is 105 Å². The molecule has 1 aliphatic rings. The third kappa shape index (κ3) is 3.86. The molecule has 3 nitrogen and oxygen atoms in total. The number of likely N-dealkylation sites (tertiary alicyclic amines) is 1. The molecule has 0 radical (unpaired) electrons. The molecular weight excluding hydrogens is 247 g/mol. The topological polar surface area (TPSA) is 29.5 Å². The van der Waals surface area contributed by atoms with Gasteiger partial charge in [-0.25, -0.2) is 0 Å². The summed E-state index contributed by atoms with van der Waals surface area (Å²) in [7, 11) is 1.34. The predicted octanol–water partition coefficient (Wildman–Crippen LogP) is 2.46. The van der Waals surface area contributed by atoms with Crippen molar-refractivity contribution in [1.29, 1.82) is 0 Å². The first-order valence-corrected chi connectivity index (χ1v) is 6.04. The van der Waals surface area contributed by atoms with Crippen LogP contribution in [-0.4, -0.2) is 43.8 Å². The van der Waals surface area contributed by atoms with Crippen molar-refractivity contribution in [3.05, 3.63) is 0 Å². The number of piperidine rings is 1. The number of methoxy groups -OCH3 is 1. The van der Waals surface area contributed by atoms with Gasteiger partial charge in [0.1, 0.15) is 0 Å². The molecule has 0 unspecified atom stereocenters. The van der Waals surface area contributed by atoms with Crippen LogP contribution in [-0.2, 0) is 9.53 Å². The molecule has 0 aliphatic carbocycles. The molecule has 0 amide bonds. The number of esters is 1. The van der Waals surface area contributed by atoms with E-state index in [-0.39, 0.29) is 11.9 Å². The van der Waals surface area contributed by atoms with Crippen molar-refractivity contribution in [1.82, 2.24) is 4.90 Å². The van der Waals surface area contributed by atoms with Crippen molar-refractivity contribution in [3.8, 4) is 0 Å². The van der Waals surface area contributed by atoms with Gasteiger partial charge in [-0.1, -0.05) is 0 Å². The van der Waals surface area contributed by atoms with E-state index in [0.717, 1.165) is 0 Å². The molecule has 0 bridgehead atoms. The van der Waals surface area contributed by atoms with Crippen LogP contribution in [0.25, 0.3) is 0 Å². The maximum atomic E-state index is 12.2. The summed E-state index contributed by atoms with van der Waals surface area (Å²) in [5.41, 5.74) is -0.626. The number of rotatable bonds is 3. The molecule has 0 saturated carbocycles. The summed E-state index contributed by atoms with van der Waals surface area (Å²) in [5, 5.41) is 0. The molecule has 0 N–H and O–H groups in total. The smallest absolute Gasteiger partial charge is 0.401 e. The van der Waals surface area contributed by atoms with Crippen LogP contribution in [0.2, 0.25) is 0 Å². The molecule has 1 aliphatic heterocycles. The van der Waals surface area contributed by atoms with Crippen LogP contribution in [0, 0.1) is 11.3 Å². The maximum Gasteiger partial charge on any atom is 0.401 e. The number of carbonyl (C=O) groups is 1. The Hall–Kier alpha value is -0.780. The lowest BCUT2D eigenvalue weighted by atomic mass is 9.73. The summed E-state index contributed by atoms with van der Waals surface area (Å²) in [5.74, 6) is -0.216. The molecule has 1 fully saturated rings. The minimum Gasteiger partial charge on any atom is -0.469 e. The molecular formula is C12H20F3NO2. The lowest BCUT2D eigenvalue weighted by Crippen LogP contribution is -2.45. The van der Waals surface area contributed by atoms with E-state index in [0.29, 0.717) is 25.9 Å². The van der Waals surface area contributed by atoms with Gasteiger partial charge in [0.05, 0.1) is 19.1 Å². The predicted molar refractivity (Wildman–Crippen MR) is 61.0 cm³/mol. The minimum absolute atomic E-state index is 0.0782. The lowest BCUT2D eigenvalue weighted by molar-refractivity contribution is -0.159. The number of carbonyl (C=O) groups excluding carboxylic acids is 1. The third-order valence-electron chi connectivity index (χ3n) is 3.72. The third-order valence-corrected chi connectivity index (χ3v) is 3.72. The summed E-state index contributed by atoms with van der Waals surface area (Å²) in [6, 6.07) is 0. The SMILES string of the molecule is COC(=O)C(C)(C)C1CCN(CC(F)(F)F)CC1. The van der Waals surface area contributed by atoms with Gasteiger partial charge in [0.15, 0.2) is 0 Å². The van der Waals surface area contributed by atoms with Gasteiger partial charge in [-0.3, -0.25) is 9.69 Å². The van der Waals surface area contributed by atoms with Crippen LogP contribution in [0.5, 0.6) is 0 Å². The van der Waals surface area contributed by atoms with E-state index in [1.54, 1.807) is 13.8 Å². The van der Waals surface area contributed by atoms with Gasteiger partial charge in [0, 0.05) is 0 Å². The number of nitrogens with zero attached hydrogens (tertiary/aromatic N) is 1. The van der Waals surface area contributed by atoms with Crippen molar-refractivity contribution in [2.75, 3.05) is 26.7 Å². The molecule has 1 rings (SSSR count). The van der Waals surface area contributed by atoms with E-state index in [1.165, 1.54) is 12.0 Å². The number of hydrogen-bond donors (Lipinski definition) is 0. The van der Waals surface area contributed by atoms with Crippen LogP contribution in [0.3, 0.4) is 0 Å². The summed E-state index contributed by atoms with van der Waals surface area (Å²) >= 11 is 0. The van der Waals surface area contributed by atoms with Crippen LogP contribution >= 0.6 is 0 Å². The van der Waals surface area contributed by atoms with Crippen molar-refractivity contribution < 1.29 is 22.7 Å². The number of hydrogen-bond acceptors (Lipinski definition) is 3. The maximum absolute atomic E-state index is 12.2. The summed E-state index contributed by atoms with van der Waals surface area (Å²) in [6.45, 7) is 3.49. The van der Waals surface area contributed by atoms with Crippen LogP contribution in [0.1, 0.15) is 26.7 Å². The van der Waals surface area contributed by atoms with Gasteiger partial charge in [-0.2, -0.15) is 13.2 Å². The largest absolute Gasteiger partial charge is 0.469 e. The first-order valence-electron chi connectivity index (χ1n) is 6.04. The normalized spacial score (nSPS) is 19.9. The first kappa shape index (κ1) is 15.3. The lowest BCUT2D eigenvalue weighted by Gasteiger charge is -2.39. The highest BCUT2D eigenvalue weighted by molar-refractivity contribution is 5.76. The number of halogens is 3. The van der Waals surface area contributed by atoms with Crippen LogP contribution in [0.4, 0.5) is 13.2 Å². The second kappa shape index (κ2) is 5.47. The number of alkyl halides is 3. The highest BCUT2D eigenvalue weighted by Crippen LogP contribution is 2.36. The van der Waals surface area contributed by atoms with Gasteiger partial charge in [-0.05, 0) is 45.7 Å². The molecule has 1 saturated heterocycles. The highest BCUT2D eigenvalue weighted by Gasteiger charge is 2.40. The molecule has 0 atom stereocenters. The molecule has 0 aromatic rings. The van der Waals surface area contributed by atoms with Gasteiger partial charge in [-0.15, -0.1) is 0 Å². The van der Waals surface area contributed by atoms with Crippen molar-refractivity contribution in [2.45, 2.75) is 32.9 Å². The monoisotopic (exact) mass is 267 g/mol. The molecule has 0 spiro atoms. The van der Waals surface area contributed by atoms with E-state index in [9.17, 15) is 18.0 Å². The van der Waals surface area contributed by atoms with E-state index in [2.05, 4.69) is 0 Å². The average molecular weight is 267 g/mol. The Balaban J connectivity index is 2.51. The van der Waals surface area contributed by atoms with Crippen molar-refractivity contribution >= 4 is 5.97 Å². The summed E-state index contributed by atoms with van der Waals surface area (Å²) in [4.78, 5) is 13.0. The van der Waals surface area contributed by atoms with Gasteiger partial charge < -0.3 is 4.74 Å². The van der Waals surface area contributed by atoms with Gasteiger partial charge in [0.25, 0.3) is 0 Å². The standard InChI is InChI=1S/C12H20F3NO2/c1-11(2,10(17)18-3)9-4-6-16(7-5-9)8-12(13,14)15/h9H,4-8H2,1-3H3. The summed E-state index contributed by atoms with van der Waals surface area (Å²) < 4.78 is 41.5. The minimum atomic E-state index is -4.15. The van der Waals surface area contributed by atoms with Gasteiger partial charge in [0.2, 0.25) is 0 Å². The molecule has 0 aromatic carbocycles. The van der Waals surface area contributed by atoms with E-state index in [4.69, 9.17) is 4.74 Å². The fourth-order valence-electron chi connectivity index (χ4n) is 2.50. The molecule has 0 aromatic heterocycles. The van der Waals surface area contributed by atoms with Gasteiger partial charge >= 0.3 is 12.1 Å².